The topological polar surface area (TPSA) is 42.0 Å². The first-order valence-corrected chi connectivity index (χ1v) is 6.01. The number of aromatic nitrogens is 1. The Labute approximate surface area is 115 Å². The van der Waals surface area contributed by atoms with Crippen molar-refractivity contribution in [2.45, 2.75) is 6.92 Å². The Bertz CT molecular complexity index is 599. The van der Waals surface area contributed by atoms with Crippen LogP contribution in [0.1, 0.15) is 15.9 Å². The first-order valence-electron chi connectivity index (χ1n) is 5.26. The smallest absolute Gasteiger partial charge is 0.258 e. The molecule has 3 nitrogen and oxygen atoms in total. The third-order valence-corrected chi connectivity index (χ3v) is 2.96. The molecule has 0 atom stereocenters. The number of halogens is 2. The molecule has 0 fully saturated rings. The zero-order valence-corrected chi connectivity index (χ0v) is 11.1. The van der Waals surface area contributed by atoms with E-state index in [9.17, 15) is 4.79 Å². The largest absolute Gasteiger partial charge is 0.306 e. The van der Waals surface area contributed by atoms with Crippen molar-refractivity contribution in [1.82, 2.24) is 4.98 Å². The van der Waals surface area contributed by atoms with Crippen molar-refractivity contribution in [3.05, 3.63) is 57.7 Å². The summed E-state index contributed by atoms with van der Waals surface area (Å²) in [6.45, 7) is 1.87. The molecule has 2 rings (SSSR count). The summed E-state index contributed by atoms with van der Waals surface area (Å²) >= 11 is 11.7. The van der Waals surface area contributed by atoms with Crippen LogP contribution in [0.2, 0.25) is 10.0 Å². The number of benzene rings is 1. The van der Waals surface area contributed by atoms with Crippen molar-refractivity contribution in [2.24, 2.45) is 0 Å². The standard InChI is InChI=1S/C13H10Cl2N2O/c1-8-3-2-6-16-12(8)17-13(18)10-5-4-9(14)7-11(10)15/h2-7H,1H3,(H,16,17,18). The monoisotopic (exact) mass is 280 g/mol. The quantitative estimate of drug-likeness (QED) is 0.905. The van der Waals surface area contributed by atoms with E-state index in [1.54, 1.807) is 24.4 Å². The molecule has 1 amide bonds. The maximum absolute atomic E-state index is 12.0. The first-order chi connectivity index (χ1) is 8.58. The van der Waals surface area contributed by atoms with Crippen LogP contribution in [0.4, 0.5) is 5.82 Å². The first kappa shape index (κ1) is 12.9. The lowest BCUT2D eigenvalue weighted by atomic mass is 10.2. The van der Waals surface area contributed by atoms with Gasteiger partial charge in [0.05, 0.1) is 10.6 Å². The van der Waals surface area contributed by atoms with E-state index in [-0.39, 0.29) is 5.91 Å². The van der Waals surface area contributed by atoms with Gasteiger partial charge in [0.2, 0.25) is 0 Å². The number of pyridine rings is 1. The molecular formula is C13H10Cl2N2O. The maximum atomic E-state index is 12.0. The molecule has 1 aromatic carbocycles. The summed E-state index contributed by atoms with van der Waals surface area (Å²) < 4.78 is 0. The third-order valence-electron chi connectivity index (χ3n) is 2.42. The molecule has 0 aliphatic heterocycles. The second-order valence-corrected chi connectivity index (χ2v) is 4.59. The molecule has 18 heavy (non-hydrogen) atoms. The van der Waals surface area contributed by atoms with Crippen molar-refractivity contribution in [2.75, 3.05) is 5.32 Å². The summed E-state index contributed by atoms with van der Waals surface area (Å²) in [4.78, 5) is 16.1. The van der Waals surface area contributed by atoms with E-state index in [4.69, 9.17) is 23.2 Å². The van der Waals surface area contributed by atoms with Crippen molar-refractivity contribution in [3.63, 3.8) is 0 Å². The average Bonchev–Trinajstić information content (AvgIpc) is 2.32. The third kappa shape index (κ3) is 2.81. The van der Waals surface area contributed by atoms with Gasteiger partial charge in [-0.25, -0.2) is 4.98 Å². The molecule has 1 heterocycles. The van der Waals surface area contributed by atoms with Crippen LogP contribution in [0, 0.1) is 6.92 Å². The zero-order chi connectivity index (χ0) is 13.1. The fraction of sp³-hybridized carbons (Fsp3) is 0.0769. The molecule has 2 aromatic rings. The number of carbonyl (C=O) groups excluding carboxylic acids is 1. The van der Waals surface area contributed by atoms with Gasteiger partial charge >= 0.3 is 0 Å². The Hall–Kier alpha value is -1.58. The second-order valence-electron chi connectivity index (χ2n) is 3.75. The number of hydrogen-bond donors (Lipinski definition) is 1. The van der Waals surface area contributed by atoms with Crippen LogP contribution >= 0.6 is 23.2 Å². The van der Waals surface area contributed by atoms with Crippen molar-refractivity contribution >= 4 is 34.9 Å². The van der Waals surface area contributed by atoms with Crippen LogP contribution in [0.3, 0.4) is 0 Å². The number of carbonyl (C=O) groups is 1. The highest BCUT2D eigenvalue weighted by atomic mass is 35.5. The molecule has 1 N–H and O–H groups in total. The van der Waals surface area contributed by atoms with E-state index in [0.29, 0.717) is 21.4 Å². The van der Waals surface area contributed by atoms with Gasteiger partial charge in [0, 0.05) is 11.2 Å². The molecule has 0 radical (unpaired) electrons. The van der Waals surface area contributed by atoms with Crippen molar-refractivity contribution in [1.29, 1.82) is 0 Å². The number of amides is 1. The number of hydrogen-bond acceptors (Lipinski definition) is 2. The van der Waals surface area contributed by atoms with Gasteiger partial charge in [-0.15, -0.1) is 0 Å². The summed E-state index contributed by atoms with van der Waals surface area (Å²) in [7, 11) is 0. The number of nitrogens with zero attached hydrogens (tertiary/aromatic N) is 1. The van der Waals surface area contributed by atoms with Crippen LogP contribution in [-0.4, -0.2) is 10.9 Å². The summed E-state index contributed by atoms with van der Waals surface area (Å²) in [6.07, 6.45) is 1.62. The minimum Gasteiger partial charge on any atom is -0.306 e. The van der Waals surface area contributed by atoms with Gasteiger partial charge in [-0.1, -0.05) is 29.3 Å². The molecule has 92 valence electrons. The highest BCUT2D eigenvalue weighted by molar-refractivity contribution is 6.37. The fourth-order valence-electron chi connectivity index (χ4n) is 1.47. The van der Waals surface area contributed by atoms with Crippen LogP contribution in [0.5, 0.6) is 0 Å². The van der Waals surface area contributed by atoms with Gasteiger partial charge in [0.25, 0.3) is 5.91 Å². The number of nitrogens with one attached hydrogen (secondary N) is 1. The van der Waals surface area contributed by atoms with Gasteiger partial charge in [-0.05, 0) is 36.8 Å². The van der Waals surface area contributed by atoms with Gasteiger partial charge < -0.3 is 5.32 Å². The SMILES string of the molecule is Cc1cccnc1NC(=O)c1ccc(Cl)cc1Cl. The highest BCUT2D eigenvalue weighted by Crippen LogP contribution is 2.22. The number of aryl methyl sites for hydroxylation is 1. The summed E-state index contributed by atoms with van der Waals surface area (Å²) in [5.74, 6) is 0.215. The number of rotatable bonds is 2. The van der Waals surface area contributed by atoms with Crippen molar-refractivity contribution < 1.29 is 4.79 Å². The Morgan fingerprint density at radius 1 is 1.28 bits per heavy atom. The Morgan fingerprint density at radius 2 is 2.06 bits per heavy atom. The van der Waals surface area contributed by atoms with Crippen LogP contribution in [-0.2, 0) is 0 Å². The molecular weight excluding hydrogens is 271 g/mol. The normalized spacial score (nSPS) is 10.2. The Balaban J connectivity index is 2.25. The molecule has 0 saturated heterocycles. The predicted molar refractivity (Wildman–Crippen MR) is 73.4 cm³/mol. The lowest BCUT2D eigenvalue weighted by molar-refractivity contribution is 0.102. The van der Waals surface area contributed by atoms with Gasteiger partial charge in [0.15, 0.2) is 0 Å². The van der Waals surface area contributed by atoms with Crippen LogP contribution in [0.15, 0.2) is 36.5 Å². The molecule has 0 aliphatic rings. The second kappa shape index (κ2) is 5.38. The van der Waals surface area contributed by atoms with Gasteiger partial charge in [0.1, 0.15) is 5.82 Å². The summed E-state index contributed by atoms with van der Waals surface area (Å²) in [5.41, 5.74) is 1.25. The van der Waals surface area contributed by atoms with E-state index in [2.05, 4.69) is 10.3 Å². The number of anilines is 1. The lowest BCUT2D eigenvalue weighted by Crippen LogP contribution is -2.14. The molecule has 0 unspecified atom stereocenters. The minimum absolute atomic E-state index is 0.307. The highest BCUT2D eigenvalue weighted by Gasteiger charge is 2.12. The van der Waals surface area contributed by atoms with E-state index in [1.165, 1.54) is 6.07 Å². The average molecular weight is 281 g/mol. The summed E-state index contributed by atoms with van der Waals surface area (Å²) in [5, 5.41) is 3.51. The van der Waals surface area contributed by atoms with Crippen LogP contribution in [0.25, 0.3) is 0 Å². The molecule has 5 heteroatoms. The van der Waals surface area contributed by atoms with E-state index in [0.717, 1.165) is 5.56 Å². The van der Waals surface area contributed by atoms with Gasteiger partial charge in [-0.3, -0.25) is 4.79 Å². The molecule has 0 spiro atoms. The van der Waals surface area contributed by atoms with Crippen molar-refractivity contribution in [3.8, 4) is 0 Å². The minimum atomic E-state index is -0.307. The maximum Gasteiger partial charge on any atom is 0.258 e. The predicted octanol–water partition coefficient (Wildman–Crippen LogP) is 3.95. The van der Waals surface area contributed by atoms with E-state index < -0.39 is 0 Å². The Kier molecular flexibility index (Phi) is 3.84. The fourth-order valence-corrected chi connectivity index (χ4v) is 1.96. The van der Waals surface area contributed by atoms with E-state index >= 15 is 0 Å². The lowest BCUT2D eigenvalue weighted by Gasteiger charge is -2.08. The molecule has 0 aliphatic carbocycles. The zero-order valence-electron chi connectivity index (χ0n) is 9.58. The molecule has 0 bridgehead atoms. The van der Waals surface area contributed by atoms with Crippen LogP contribution < -0.4 is 5.32 Å². The van der Waals surface area contributed by atoms with Gasteiger partial charge in [-0.2, -0.15) is 0 Å². The molecule has 1 aromatic heterocycles. The summed E-state index contributed by atoms with van der Waals surface area (Å²) in [6, 6.07) is 8.40. The molecule has 0 saturated carbocycles. The Morgan fingerprint density at radius 3 is 2.72 bits per heavy atom. The van der Waals surface area contributed by atoms with E-state index in [1.807, 2.05) is 13.0 Å².